The fourth-order valence-corrected chi connectivity index (χ4v) is 9.68. The SMILES string of the molecule is C[C@]12C[C@H](c3ccc(CN4CCN(Cc5cccnc5)CC4)cc3)C3=C4CCC(=O)C=C4CC[C@H]3[C@@H]1CC[C@]2(O)C(F)(F)C(F)(F)F. The number of carbonyl (C=O) groups is 1. The van der Waals surface area contributed by atoms with E-state index in [1.807, 2.05) is 36.5 Å². The van der Waals surface area contributed by atoms with E-state index in [1.165, 1.54) is 12.5 Å². The Labute approximate surface area is 272 Å². The molecule has 1 saturated heterocycles. The molecule has 10 heteroatoms. The van der Waals surface area contributed by atoms with Gasteiger partial charge in [-0.25, -0.2) is 0 Å². The molecular weight excluding hydrogens is 613 g/mol. The third-order valence-corrected chi connectivity index (χ3v) is 12.1. The summed E-state index contributed by atoms with van der Waals surface area (Å²) in [7, 11) is 0. The van der Waals surface area contributed by atoms with Gasteiger partial charge in [0.25, 0.3) is 0 Å². The van der Waals surface area contributed by atoms with Crippen LogP contribution in [0.5, 0.6) is 0 Å². The van der Waals surface area contributed by atoms with Gasteiger partial charge in [-0.15, -0.1) is 0 Å². The lowest BCUT2D eigenvalue weighted by molar-refractivity contribution is -0.362. The van der Waals surface area contributed by atoms with Crippen LogP contribution in [0.15, 0.2) is 71.6 Å². The normalized spacial score (nSPS) is 32.1. The minimum absolute atomic E-state index is 0.00532. The number of hydrogen-bond acceptors (Lipinski definition) is 5. The molecular formula is C37H42F5N3O2. The largest absolute Gasteiger partial charge is 0.456 e. The van der Waals surface area contributed by atoms with E-state index >= 15 is 8.78 Å². The van der Waals surface area contributed by atoms with Crippen LogP contribution in [0.3, 0.4) is 0 Å². The molecule has 5 nitrogen and oxygen atoms in total. The number of pyridine rings is 1. The lowest BCUT2D eigenvalue weighted by atomic mass is 9.50. The van der Waals surface area contributed by atoms with Crippen LogP contribution in [-0.2, 0) is 17.9 Å². The Hall–Kier alpha value is -2.95. The van der Waals surface area contributed by atoms with Crippen LogP contribution in [-0.4, -0.2) is 69.6 Å². The zero-order valence-corrected chi connectivity index (χ0v) is 26.7. The van der Waals surface area contributed by atoms with Crippen LogP contribution in [0.2, 0.25) is 0 Å². The van der Waals surface area contributed by atoms with Crippen LogP contribution >= 0.6 is 0 Å². The molecule has 1 aliphatic heterocycles. The summed E-state index contributed by atoms with van der Waals surface area (Å²) in [5.41, 5.74) is 1.47. The van der Waals surface area contributed by atoms with Crippen LogP contribution < -0.4 is 0 Å². The number of halogens is 5. The highest BCUT2D eigenvalue weighted by Gasteiger charge is 2.79. The third-order valence-electron chi connectivity index (χ3n) is 12.1. The zero-order valence-electron chi connectivity index (χ0n) is 26.7. The first kappa shape index (κ1) is 32.6. The molecule has 0 unspecified atom stereocenters. The minimum atomic E-state index is -5.86. The van der Waals surface area contributed by atoms with Crippen molar-refractivity contribution in [2.75, 3.05) is 26.2 Å². The molecule has 1 aromatic heterocycles. The summed E-state index contributed by atoms with van der Waals surface area (Å²) >= 11 is 0. The maximum atomic E-state index is 15.3. The lowest BCUT2D eigenvalue weighted by Gasteiger charge is -2.56. The highest BCUT2D eigenvalue weighted by molar-refractivity contribution is 5.93. The predicted octanol–water partition coefficient (Wildman–Crippen LogP) is 7.23. The van der Waals surface area contributed by atoms with Gasteiger partial charge in [0.15, 0.2) is 5.78 Å². The summed E-state index contributed by atoms with van der Waals surface area (Å²) in [4.78, 5) is 21.3. The molecule has 47 heavy (non-hydrogen) atoms. The van der Waals surface area contributed by atoms with Gasteiger partial charge in [-0.05, 0) is 90.3 Å². The van der Waals surface area contributed by atoms with Gasteiger partial charge in [0.1, 0.15) is 5.60 Å². The molecule has 2 heterocycles. The monoisotopic (exact) mass is 655 g/mol. The van der Waals surface area contributed by atoms with Crippen LogP contribution in [0, 0.1) is 17.3 Å². The van der Waals surface area contributed by atoms with Gasteiger partial charge >= 0.3 is 12.1 Å². The van der Waals surface area contributed by atoms with Crippen molar-refractivity contribution in [3.05, 3.63) is 88.3 Å². The molecule has 0 amide bonds. The van der Waals surface area contributed by atoms with Crippen LogP contribution in [0.4, 0.5) is 22.0 Å². The Kier molecular flexibility index (Phi) is 8.24. The van der Waals surface area contributed by atoms with E-state index < -0.39 is 41.4 Å². The number of aromatic nitrogens is 1. The molecule has 5 atom stereocenters. The second-order valence-electron chi connectivity index (χ2n) is 14.6. The number of aliphatic hydroxyl groups is 1. The predicted molar refractivity (Wildman–Crippen MR) is 167 cm³/mol. The maximum Gasteiger partial charge on any atom is 0.456 e. The molecule has 2 saturated carbocycles. The Bertz CT molecular complexity index is 1560. The van der Waals surface area contributed by atoms with E-state index in [-0.39, 0.29) is 24.5 Å². The summed E-state index contributed by atoms with van der Waals surface area (Å²) in [5, 5.41) is 11.5. The van der Waals surface area contributed by atoms with E-state index in [0.717, 1.165) is 67.1 Å². The quantitative estimate of drug-likeness (QED) is 0.333. The third kappa shape index (κ3) is 5.48. The standard InChI is InChI=1S/C37H42F5N3O2/c1-34-20-31(26-6-4-24(5-7-26)22-44-15-17-45(18-16-44)23-25-3-2-14-43-21-25)33-29-11-9-28(46)19-27(29)8-10-30(33)32(34)12-13-35(34,47)36(38,39)37(40,41)42/h2-7,14,19,21,30-32,47H,8-13,15-18,20,22-23H2,1H3/t30-,31+,32-,34-,35+/m0/s1. The van der Waals surface area contributed by atoms with Crippen molar-refractivity contribution in [1.82, 2.24) is 14.8 Å². The summed E-state index contributed by atoms with van der Waals surface area (Å²) in [6.45, 7) is 6.81. The molecule has 4 aliphatic carbocycles. The molecule has 252 valence electrons. The van der Waals surface area contributed by atoms with Gasteiger partial charge in [-0.2, -0.15) is 22.0 Å². The molecule has 3 fully saturated rings. The fourth-order valence-electron chi connectivity index (χ4n) is 9.68. The summed E-state index contributed by atoms with van der Waals surface area (Å²) in [5.74, 6) is -6.31. The second-order valence-corrected chi connectivity index (χ2v) is 14.6. The number of alkyl halides is 5. The van der Waals surface area contributed by atoms with Crippen molar-refractivity contribution in [2.45, 2.75) is 88.6 Å². The summed E-state index contributed by atoms with van der Waals surface area (Å²) in [6, 6.07) is 12.1. The number of benzene rings is 1. The highest BCUT2D eigenvalue weighted by atomic mass is 19.4. The van der Waals surface area contributed by atoms with Gasteiger partial charge < -0.3 is 5.11 Å². The minimum Gasteiger partial charge on any atom is -0.383 e. The first-order valence-electron chi connectivity index (χ1n) is 16.9. The first-order chi connectivity index (χ1) is 22.3. The van der Waals surface area contributed by atoms with Crippen molar-refractivity contribution in [3.63, 3.8) is 0 Å². The fraction of sp³-hybridized carbons (Fsp3) is 0.568. The van der Waals surface area contributed by atoms with Crippen LogP contribution in [0.25, 0.3) is 0 Å². The molecule has 0 spiro atoms. The summed E-state index contributed by atoms with van der Waals surface area (Å²) in [6.07, 6.45) is 1.13. The number of carbonyl (C=O) groups excluding carboxylic acids is 1. The lowest BCUT2D eigenvalue weighted by Crippen LogP contribution is -2.65. The van der Waals surface area contributed by atoms with E-state index in [9.17, 15) is 23.1 Å². The second kappa shape index (κ2) is 11.9. The van der Waals surface area contributed by atoms with E-state index in [0.29, 0.717) is 25.7 Å². The zero-order chi connectivity index (χ0) is 33.2. The average Bonchev–Trinajstić information content (AvgIpc) is 3.33. The topological polar surface area (TPSA) is 56.7 Å². The average molecular weight is 656 g/mol. The molecule has 0 radical (unpaired) electrons. The number of rotatable bonds is 6. The number of hydrogen-bond donors (Lipinski definition) is 1. The van der Waals surface area contributed by atoms with Gasteiger partial charge in [-0.1, -0.05) is 42.8 Å². The van der Waals surface area contributed by atoms with Gasteiger partial charge in [0.05, 0.1) is 0 Å². The number of nitrogens with zero attached hydrogens (tertiary/aromatic N) is 3. The Balaban J connectivity index is 1.15. The number of piperazine rings is 1. The molecule has 0 bridgehead atoms. The van der Waals surface area contributed by atoms with Crippen molar-refractivity contribution in [2.24, 2.45) is 17.3 Å². The molecule has 5 aliphatic rings. The first-order valence-corrected chi connectivity index (χ1v) is 16.9. The number of ketones is 1. The summed E-state index contributed by atoms with van der Waals surface area (Å²) < 4.78 is 72.1. The van der Waals surface area contributed by atoms with E-state index in [1.54, 1.807) is 12.3 Å². The highest BCUT2D eigenvalue weighted by Crippen LogP contribution is 2.70. The molecule has 1 N–H and O–H groups in total. The van der Waals surface area contributed by atoms with Gasteiger partial charge in [-0.3, -0.25) is 19.6 Å². The maximum absolute atomic E-state index is 15.3. The van der Waals surface area contributed by atoms with Crippen molar-refractivity contribution in [3.8, 4) is 0 Å². The Morgan fingerprint density at radius 1 is 0.915 bits per heavy atom. The molecule has 2 aromatic rings. The Morgan fingerprint density at radius 3 is 2.23 bits per heavy atom. The smallest absolute Gasteiger partial charge is 0.383 e. The van der Waals surface area contributed by atoms with E-state index in [4.69, 9.17) is 0 Å². The number of allylic oxidation sites excluding steroid dienone is 4. The van der Waals surface area contributed by atoms with Crippen molar-refractivity contribution >= 4 is 5.78 Å². The van der Waals surface area contributed by atoms with Crippen molar-refractivity contribution < 1.29 is 31.9 Å². The Morgan fingerprint density at radius 2 is 1.60 bits per heavy atom. The number of fused-ring (bicyclic) bond motifs is 4. The van der Waals surface area contributed by atoms with Crippen molar-refractivity contribution in [1.29, 1.82) is 0 Å². The van der Waals surface area contributed by atoms with Crippen LogP contribution in [0.1, 0.15) is 74.5 Å². The van der Waals surface area contributed by atoms with Gasteiger partial charge in [0.2, 0.25) is 0 Å². The molecule has 7 rings (SSSR count). The van der Waals surface area contributed by atoms with Gasteiger partial charge in [0, 0.05) is 69.4 Å². The van der Waals surface area contributed by atoms with E-state index in [2.05, 4.69) is 20.9 Å². The molecule has 1 aromatic carbocycles.